The van der Waals surface area contributed by atoms with E-state index in [1.54, 1.807) is 13.8 Å². The lowest BCUT2D eigenvalue weighted by atomic mass is 9.86. The van der Waals surface area contributed by atoms with Crippen LogP contribution in [-0.4, -0.2) is 23.4 Å². The van der Waals surface area contributed by atoms with Gasteiger partial charge < -0.3 is 16.8 Å². The number of nitrogens with one attached hydrogen (secondary N) is 1. The summed E-state index contributed by atoms with van der Waals surface area (Å²) in [6.07, 6.45) is 0. The van der Waals surface area contributed by atoms with Crippen LogP contribution >= 0.6 is 0 Å². The highest BCUT2D eigenvalue weighted by atomic mass is 16.2. The molecule has 0 bridgehead atoms. The minimum atomic E-state index is -1.07. The first-order valence-electron chi connectivity index (χ1n) is 4.86. The third kappa shape index (κ3) is 3.87. The SMILES string of the molecule is CC(C)(NC(=O)[C@H](N)C(C)(C)C)C(N)=O. The second-order valence-electron chi connectivity index (χ2n) is 5.32. The summed E-state index contributed by atoms with van der Waals surface area (Å²) in [4.78, 5) is 22.7. The molecular formula is C10H21N3O2. The van der Waals surface area contributed by atoms with Crippen LogP contribution in [0.5, 0.6) is 0 Å². The first kappa shape index (κ1) is 13.9. The standard InChI is InChI=1S/C10H21N3O2/c1-9(2,3)6(11)7(14)13-10(4,5)8(12)15/h6H,11H2,1-5H3,(H2,12,15)(H,13,14)/t6-/m0/s1. The van der Waals surface area contributed by atoms with Crippen LogP contribution in [0.1, 0.15) is 34.6 Å². The summed E-state index contributed by atoms with van der Waals surface area (Å²) in [5.41, 5.74) is 9.45. The maximum Gasteiger partial charge on any atom is 0.242 e. The fraction of sp³-hybridized carbons (Fsp3) is 0.800. The molecule has 0 heterocycles. The van der Waals surface area contributed by atoms with Crippen molar-refractivity contribution in [3.05, 3.63) is 0 Å². The third-order valence-corrected chi connectivity index (χ3v) is 2.27. The summed E-state index contributed by atoms with van der Waals surface area (Å²) in [5, 5.41) is 2.52. The van der Waals surface area contributed by atoms with Gasteiger partial charge in [-0.2, -0.15) is 0 Å². The highest BCUT2D eigenvalue weighted by molar-refractivity contribution is 5.91. The van der Waals surface area contributed by atoms with Crippen molar-refractivity contribution < 1.29 is 9.59 Å². The van der Waals surface area contributed by atoms with Gasteiger partial charge in [-0.1, -0.05) is 20.8 Å². The zero-order chi connectivity index (χ0) is 12.4. The number of nitrogens with two attached hydrogens (primary N) is 2. The zero-order valence-corrected chi connectivity index (χ0v) is 10.0. The van der Waals surface area contributed by atoms with Gasteiger partial charge in [-0.15, -0.1) is 0 Å². The summed E-state index contributed by atoms with van der Waals surface area (Å²) in [7, 11) is 0. The van der Waals surface area contributed by atoms with Gasteiger partial charge in [0, 0.05) is 0 Å². The fourth-order valence-electron chi connectivity index (χ4n) is 0.841. The van der Waals surface area contributed by atoms with E-state index in [-0.39, 0.29) is 11.3 Å². The van der Waals surface area contributed by atoms with E-state index in [1.807, 2.05) is 20.8 Å². The molecule has 2 amide bonds. The Morgan fingerprint density at radius 1 is 1.13 bits per heavy atom. The number of carbonyl (C=O) groups excluding carboxylic acids is 2. The van der Waals surface area contributed by atoms with Crippen LogP contribution in [0.15, 0.2) is 0 Å². The summed E-state index contributed by atoms with van der Waals surface area (Å²) < 4.78 is 0. The maximum absolute atomic E-state index is 11.7. The van der Waals surface area contributed by atoms with Gasteiger partial charge in [0.2, 0.25) is 11.8 Å². The van der Waals surface area contributed by atoms with Crippen LogP contribution in [0.4, 0.5) is 0 Å². The van der Waals surface area contributed by atoms with Gasteiger partial charge in [0.25, 0.3) is 0 Å². The quantitative estimate of drug-likeness (QED) is 0.605. The molecule has 0 aromatic rings. The van der Waals surface area contributed by atoms with Gasteiger partial charge in [0.05, 0.1) is 6.04 Å². The molecular weight excluding hydrogens is 194 g/mol. The Morgan fingerprint density at radius 3 is 1.80 bits per heavy atom. The number of primary amides is 1. The Hall–Kier alpha value is -1.10. The lowest BCUT2D eigenvalue weighted by molar-refractivity contribution is -0.132. The molecule has 88 valence electrons. The van der Waals surface area contributed by atoms with E-state index in [2.05, 4.69) is 5.32 Å². The number of rotatable bonds is 3. The van der Waals surface area contributed by atoms with Gasteiger partial charge in [0.1, 0.15) is 5.54 Å². The minimum absolute atomic E-state index is 0.349. The van der Waals surface area contributed by atoms with E-state index >= 15 is 0 Å². The summed E-state index contributed by atoms with van der Waals surface area (Å²) in [6, 6.07) is -0.670. The molecule has 15 heavy (non-hydrogen) atoms. The second-order valence-corrected chi connectivity index (χ2v) is 5.32. The lowest BCUT2D eigenvalue weighted by Gasteiger charge is -2.30. The topological polar surface area (TPSA) is 98.2 Å². The Morgan fingerprint density at radius 2 is 1.53 bits per heavy atom. The van der Waals surface area contributed by atoms with Crippen LogP contribution in [0.3, 0.4) is 0 Å². The van der Waals surface area contributed by atoms with E-state index in [4.69, 9.17) is 11.5 Å². The van der Waals surface area contributed by atoms with Crippen LogP contribution in [-0.2, 0) is 9.59 Å². The van der Waals surface area contributed by atoms with Gasteiger partial charge in [-0.25, -0.2) is 0 Å². The van der Waals surface area contributed by atoms with E-state index in [9.17, 15) is 9.59 Å². The Bertz CT molecular complexity index is 266. The van der Waals surface area contributed by atoms with Crippen molar-refractivity contribution in [2.24, 2.45) is 16.9 Å². The van der Waals surface area contributed by atoms with Crippen molar-refractivity contribution in [3.63, 3.8) is 0 Å². The van der Waals surface area contributed by atoms with Gasteiger partial charge >= 0.3 is 0 Å². The fourth-order valence-corrected chi connectivity index (χ4v) is 0.841. The Kier molecular flexibility index (Phi) is 3.88. The van der Waals surface area contributed by atoms with Gasteiger partial charge in [-0.05, 0) is 19.3 Å². The highest BCUT2D eigenvalue weighted by Gasteiger charge is 2.33. The number of hydrogen-bond donors (Lipinski definition) is 3. The van der Waals surface area contributed by atoms with Crippen LogP contribution in [0.2, 0.25) is 0 Å². The van der Waals surface area contributed by atoms with Crippen LogP contribution in [0, 0.1) is 5.41 Å². The summed E-state index contributed by atoms with van der Waals surface area (Å²) in [6.45, 7) is 8.66. The monoisotopic (exact) mass is 215 g/mol. The molecule has 5 heteroatoms. The molecule has 0 radical (unpaired) electrons. The number of hydrogen-bond acceptors (Lipinski definition) is 3. The average Bonchev–Trinajstić information content (AvgIpc) is 2.00. The molecule has 0 aromatic heterocycles. The van der Waals surface area contributed by atoms with Gasteiger partial charge in [0.15, 0.2) is 0 Å². The van der Waals surface area contributed by atoms with E-state index in [1.165, 1.54) is 0 Å². The van der Waals surface area contributed by atoms with Crippen molar-refractivity contribution in [2.45, 2.75) is 46.2 Å². The lowest BCUT2D eigenvalue weighted by Crippen LogP contribution is -2.59. The average molecular weight is 215 g/mol. The molecule has 5 N–H and O–H groups in total. The maximum atomic E-state index is 11.7. The molecule has 0 aliphatic heterocycles. The second kappa shape index (κ2) is 4.18. The molecule has 1 atom stereocenters. The zero-order valence-electron chi connectivity index (χ0n) is 10.0. The van der Waals surface area contributed by atoms with Crippen molar-refractivity contribution in [1.82, 2.24) is 5.32 Å². The molecule has 0 rings (SSSR count). The number of amides is 2. The van der Waals surface area contributed by atoms with Crippen LogP contribution in [0.25, 0.3) is 0 Å². The smallest absolute Gasteiger partial charge is 0.242 e. The molecule has 0 fully saturated rings. The summed E-state index contributed by atoms with van der Waals surface area (Å²) >= 11 is 0. The van der Waals surface area contributed by atoms with Gasteiger partial charge in [-0.3, -0.25) is 9.59 Å². The Balaban J connectivity index is 4.58. The van der Waals surface area contributed by atoms with E-state index < -0.39 is 17.5 Å². The largest absolute Gasteiger partial charge is 0.368 e. The highest BCUT2D eigenvalue weighted by Crippen LogP contribution is 2.18. The predicted molar refractivity (Wildman–Crippen MR) is 58.8 cm³/mol. The molecule has 0 saturated heterocycles. The predicted octanol–water partition coefficient (Wildman–Crippen LogP) is -0.260. The molecule has 0 saturated carbocycles. The van der Waals surface area contributed by atoms with Crippen molar-refractivity contribution in [3.8, 4) is 0 Å². The molecule has 0 spiro atoms. The van der Waals surface area contributed by atoms with E-state index in [0.717, 1.165) is 0 Å². The number of carbonyl (C=O) groups is 2. The van der Waals surface area contributed by atoms with Crippen molar-refractivity contribution in [1.29, 1.82) is 0 Å². The molecule has 0 aliphatic carbocycles. The molecule has 0 aliphatic rings. The third-order valence-electron chi connectivity index (χ3n) is 2.27. The molecule has 5 nitrogen and oxygen atoms in total. The Labute approximate surface area is 90.6 Å². The summed E-state index contributed by atoms with van der Waals surface area (Å²) in [5.74, 6) is -0.955. The minimum Gasteiger partial charge on any atom is -0.368 e. The first-order valence-corrected chi connectivity index (χ1v) is 4.86. The molecule has 0 aromatic carbocycles. The first-order chi connectivity index (χ1) is 6.48. The normalized spacial score (nSPS) is 14.5. The van der Waals surface area contributed by atoms with Crippen molar-refractivity contribution >= 4 is 11.8 Å². The van der Waals surface area contributed by atoms with Crippen LogP contribution < -0.4 is 16.8 Å². The van der Waals surface area contributed by atoms with Crippen molar-refractivity contribution in [2.75, 3.05) is 0 Å². The van der Waals surface area contributed by atoms with E-state index in [0.29, 0.717) is 0 Å². The molecule has 0 unspecified atom stereocenters.